The van der Waals surface area contributed by atoms with Gasteiger partial charge in [-0.3, -0.25) is 9.05 Å². The first-order valence-electron chi connectivity index (χ1n) is 9.85. The van der Waals surface area contributed by atoms with E-state index in [1.54, 1.807) is 12.1 Å². The minimum atomic E-state index is -3.74. The van der Waals surface area contributed by atoms with Gasteiger partial charge in [0.2, 0.25) is 0 Å². The molecule has 29 heavy (non-hydrogen) atoms. The molecule has 0 fully saturated rings. The maximum Gasteiger partial charge on any atom is 0.480 e. The second-order valence-electron chi connectivity index (χ2n) is 10.1. The average Bonchev–Trinajstić information content (AvgIpc) is 2.90. The second-order valence-corrected chi connectivity index (χ2v) is 11.6. The highest BCUT2D eigenvalue weighted by Gasteiger charge is 2.39. The van der Waals surface area contributed by atoms with Gasteiger partial charge in [-0.25, -0.2) is 9.09 Å². The Bertz CT molecular complexity index is 857. The summed E-state index contributed by atoms with van der Waals surface area (Å²) in [5, 5.41) is 10.8. The van der Waals surface area contributed by atoms with Crippen LogP contribution in [0.15, 0.2) is 24.4 Å². The smallest absolute Gasteiger partial charge is 0.480 e. The number of nitrogens with one attached hydrogen (secondary N) is 1. The number of aromatic hydroxyl groups is 1. The average molecular weight is 428 g/mol. The molecule has 0 spiro atoms. The summed E-state index contributed by atoms with van der Waals surface area (Å²) in [6.07, 6.45) is 2.73. The lowest BCUT2D eigenvalue weighted by atomic mass is 10.1. The first kappa shape index (κ1) is 23.9. The molecular formula is C21H36N2O5P+. The van der Waals surface area contributed by atoms with E-state index in [0.29, 0.717) is 4.48 Å². The van der Waals surface area contributed by atoms with E-state index in [4.69, 9.17) is 13.6 Å². The second kappa shape index (κ2) is 8.40. The van der Waals surface area contributed by atoms with Crippen LogP contribution in [0, 0.1) is 0 Å². The third kappa shape index (κ3) is 7.76. The van der Waals surface area contributed by atoms with Crippen LogP contribution in [0.2, 0.25) is 0 Å². The summed E-state index contributed by atoms with van der Waals surface area (Å²) < 4.78 is 30.8. The molecule has 1 aromatic carbocycles. The molecular weight excluding hydrogens is 391 g/mol. The molecule has 0 aliphatic heterocycles. The van der Waals surface area contributed by atoms with Gasteiger partial charge in [-0.15, -0.1) is 0 Å². The van der Waals surface area contributed by atoms with Crippen LogP contribution in [0.3, 0.4) is 0 Å². The van der Waals surface area contributed by atoms with E-state index in [0.717, 1.165) is 29.4 Å². The molecule has 1 aromatic heterocycles. The van der Waals surface area contributed by atoms with Crippen LogP contribution in [-0.4, -0.2) is 53.1 Å². The molecule has 2 aromatic rings. The number of nitrogens with zero attached hydrogens (tertiary/aromatic N) is 1. The Morgan fingerprint density at radius 2 is 1.66 bits per heavy atom. The molecule has 164 valence electrons. The van der Waals surface area contributed by atoms with E-state index in [2.05, 4.69) is 4.98 Å². The molecule has 1 heterocycles. The molecule has 8 heteroatoms. The number of fused-ring (bicyclic) bond motifs is 1. The maximum absolute atomic E-state index is 13.2. The first-order chi connectivity index (χ1) is 13.1. The SMILES string of the molecule is CC(C)(C)OP(=O)(OC[N+](C)(C)CCc1c[nH]c2ccc(O)cc12)OC(C)(C)C. The van der Waals surface area contributed by atoms with Crippen LogP contribution >= 0.6 is 7.82 Å². The van der Waals surface area contributed by atoms with Crippen molar-refractivity contribution in [2.24, 2.45) is 0 Å². The van der Waals surface area contributed by atoms with E-state index in [-0.39, 0.29) is 12.5 Å². The Balaban J connectivity index is 2.06. The number of quaternary nitrogens is 1. The Labute approximate surface area is 174 Å². The van der Waals surface area contributed by atoms with Gasteiger partial charge in [0, 0.05) is 23.5 Å². The molecule has 0 aliphatic carbocycles. The fourth-order valence-corrected chi connectivity index (χ4v) is 4.77. The molecule has 0 saturated carbocycles. The summed E-state index contributed by atoms with van der Waals surface area (Å²) in [4.78, 5) is 3.23. The summed E-state index contributed by atoms with van der Waals surface area (Å²) in [5.74, 6) is 0.245. The monoisotopic (exact) mass is 427 g/mol. The van der Waals surface area contributed by atoms with E-state index >= 15 is 0 Å². The lowest BCUT2D eigenvalue weighted by Gasteiger charge is -2.34. The summed E-state index contributed by atoms with van der Waals surface area (Å²) in [5.41, 5.74) is 0.775. The van der Waals surface area contributed by atoms with E-state index in [9.17, 15) is 9.67 Å². The summed E-state index contributed by atoms with van der Waals surface area (Å²) in [6.45, 7) is 11.8. The molecule has 0 radical (unpaired) electrons. The molecule has 0 aliphatic rings. The van der Waals surface area contributed by atoms with Crippen molar-refractivity contribution in [2.75, 3.05) is 27.4 Å². The number of likely N-dealkylation sites (N-methyl/N-ethyl adjacent to an activating group) is 1. The zero-order valence-electron chi connectivity index (χ0n) is 18.9. The number of hydrogen-bond donors (Lipinski definition) is 2. The molecule has 2 rings (SSSR count). The van der Waals surface area contributed by atoms with Gasteiger partial charge in [-0.1, -0.05) is 0 Å². The number of hydrogen-bond acceptors (Lipinski definition) is 5. The van der Waals surface area contributed by atoms with Crippen LogP contribution in [-0.2, 0) is 24.6 Å². The van der Waals surface area contributed by atoms with Gasteiger partial charge in [0.05, 0.1) is 31.8 Å². The third-order valence-electron chi connectivity index (χ3n) is 4.07. The normalized spacial score (nSPS) is 13.9. The van der Waals surface area contributed by atoms with Gasteiger partial charge >= 0.3 is 7.82 Å². The van der Waals surface area contributed by atoms with Crippen molar-refractivity contribution in [3.05, 3.63) is 30.0 Å². The highest BCUT2D eigenvalue weighted by molar-refractivity contribution is 7.48. The number of phenols is 1. The van der Waals surface area contributed by atoms with E-state index in [1.165, 1.54) is 0 Å². The molecule has 7 nitrogen and oxygen atoms in total. The maximum atomic E-state index is 13.2. The Kier molecular flexibility index (Phi) is 6.93. The highest BCUT2D eigenvalue weighted by Crippen LogP contribution is 2.55. The number of aromatic amines is 1. The number of benzene rings is 1. The summed E-state index contributed by atoms with van der Waals surface area (Å²) >= 11 is 0. The van der Waals surface area contributed by atoms with Gasteiger partial charge in [-0.2, -0.15) is 0 Å². The number of phenolic OH excluding ortho intramolecular Hbond substituents is 1. The van der Waals surface area contributed by atoms with Crippen molar-refractivity contribution in [1.82, 2.24) is 4.98 Å². The van der Waals surface area contributed by atoms with Crippen molar-refractivity contribution < 1.29 is 27.7 Å². The predicted octanol–water partition coefficient (Wildman–Crippen LogP) is 5.20. The van der Waals surface area contributed by atoms with Crippen LogP contribution in [0.1, 0.15) is 47.1 Å². The van der Waals surface area contributed by atoms with Gasteiger partial charge in [0.1, 0.15) is 5.75 Å². The quantitative estimate of drug-likeness (QED) is 0.344. The largest absolute Gasteiger partial charge is 0.508 e. The zero-order chi connectivity index (χ0) is 22.1. The molecule has 2 N–H and O–H groups in total. The number of H-pyrrole nitrogens is 1. The Morgan fingerprint density at radius 1 is 1.07 bits per heavy atom. The van der Waals surface area contributed by atoms with Gasteiger partial charge in [0.15, 0.2) is 6.73 Å². The van der Waals surface area contributed by atoms with Crippen molar-refractivity contribution in [2.45, 2.75) is 59.2 Å². The van der Waals surface area contributed by atoms with Crippen molar-refractivity contribution >= 4 is 18.7 Å². The van der Waals surface area contributed by atoms with Crippen LogP contribution in [0.5, 0.6) is 5.75 Å². The number of phosphoric ester groups is 1. The van der Waals surface area contributed by atoms with Crippen molar-refractivity contribution in [3.8, 4) is 5.75 Å². The first-order valence-corrected chi connectivity index (χ1v) is 11.3. The fraction of sp³-hybridized carbons (Fsp3) is 0.619. The standard InChI is InChI=1S/C21H35N2O5P/c1-20(2,3)27-29(25,28-21(4,5)6)26-15-23(7,8)12-11-16-14-22-19-10-9-17(24)13-18(16)19/h9-10,13-14,22H,11-12,15H2,1-8H3/p+1. The lowest BCUT2D eigenvalue weighted by Crippen LogP contribution is -2.43. The molecule has 0 atom stereocenters. The van der Waals surface area contributed by atoms with Crippen LogP contribution < -0.4 is 0 Å². The lowest BCUT2D eigenvalue weighted by molar-refractivity contribution is -0.906. The number of phosphoric acid groups is 1. The topological polar surface area (TPSA) is 80.8 Å². The van der Waals surface area contributed by atoms with Crippen LogP contribution in [0.25, 0.3) is 10.9 Å². The summed E-state index contributed by atoms with van der Waals surface area (Å²) in [6, 6.07) is 5.29. The molecule has 0 amide bonds. The van der Waals surface area contributed by atoms with E-state index in [1.807, 2.05) is 67.9 Å². The van der Waals surface area contributed by atoms with Gasteiger partial charge in [0.25, 0.3) is 0 Å². The molecule has 0 bridgehead atoms. The highest BCUT2D eigenvalue weighted by atomic mass is 31.2. The Hall–Kier alpha value is -1.37. The fourth-order valence-electron chi connectivity index (χ4n) is 2.83. The minimum Gasteiger partial charge on any atom is -0.508 e. The van der Waals surface area contributed by atoms with E-state index < -0.39 is 19.0 Å². The van der Waals surface area contributed by atoms with Crippen molar-refractivity contribution in [1.29, 1.82) is 0 Å². The van der Waals surface area contributed by atoms with Crippen LogP contribution in [0.4, 0.5) is 0 Å². The van der Waals surface area contributed by atoms with Crippen molar-refractivity contribution in [3.63, 3.8) is 0 Å². The van der Waals surface area contributed by atoms with Gasteiger partial charge in [-0.05, 0) is 65.3 Å². The molecule has 0 saturated heterocycles. The molecule has 0 unspecified atom stereocenters. The summed E-state index contributed by atoms with van der Waals surface area (Å²) in [7, 11) is 0.266. The Morgan fingerprint density at radius 3 is 2.21 bits per heavy atom. The third-order valence-corrected chi connectivity index (χ3v) is 6.05. The minimum absolute atomic E-state index is 0.178. The number of aromatic nitrogens is 1. The van der Waals surface area contributed by atoms with Gasteiger partial charge < -0.3 is 14.6 Å². The number of rotatable bonds is 8. The predicted molar refractivity (Wildman–Crippen MR) is 116 cm³/mol. The zero-order valence-corrected chi connectivity index (χ0v) is 19.8.